The Hall–Kier alpha value is -2.01. The number of sulfonamides is 1. The number of halogens is 1. The van der Waals surface area contributed by atoms with Gasteiger partial charge in [0.1, 0.15) is 14.7 Å². The van der Waals surface area contributed by atoms with Crippen molar-refractivity contribution in [2.75, 3.05) is 0 Å². The Balaban J connectivity index is 1.61. The molecule has 0 spiro atoms. The Morgan fingerprint density at radius 2 is 2.04 bits per heavy atom. The number of carboxylic acid groups (broad SMARTS) is 1. The third-order valence-electron chi connectivity index (χ3n) is 4.47. The molecule has 1 aliphatic rings. The molecule has 0 saturated heterocycles. The van der Waals surface area contributed by atoms with Crippen molar-refractivity contribution in [2.24, 2.45) is 0 Å². The molecular formula is C17H14BrN3O4S2. The van der Waals surface area contributed by atoms with Gasteiger partial charge >= 0.3 is 5.97 Å². The minimum Gasteiger partial charge on any atom is -0.480 e. The van der Waals surface area contributed by atoms with E-state index in [4.69, 9.17) is 0 Å². The molecule has 0 aliphatic heterocycles. The molecule has 0 bridgehead atoms. The molecular weight excluding hydrogens is 454 g/mol. The molecule has 0 unspecified atom stereocenters. The number of rotatable bonds is 6. The van der Waals surface area contributed by atoms with Gasteiger partial charge in [0.2, 0.25) is 0 Å². The van der Waals surface area contributed by atoms with Crippen molar-refractivity contribution in [3.8, 4) is 5.00 Å². The molecule has 2 N–H and O–H groups in total. The molecule has 1 saturated carbocycles. The number of aromatic nitrogens is 2. The van der Waals surface area contributed by atoms with Gasteiger partial charge < -0.3 is 5.11 Å². The predicted octanol–water partition coefficient (Wildman–Crippen LogP) is 2.99. The van der Waals surface area contributed by atoms with E-state index in [1.54, 1.807) is 23.1 Å². The molecule has 1 aliphatic carbocycles. The number of carbonyl (C=O) groups is 1. The molecule has 7 nitrogen and oxygen atoms in total. The Bertz CT molecular complexity index is 1110. The van der Waals surface area contributed by atoms with Gasteiger partial charge in [-0.05, 0) is 40.0 Å². The van der Waals surface area contributed by atoms with Gasteiger partial charge in [0.05, 0.1) is 10.7 Å². The van der Waals surface area contributed by atoms with E-state index in [1.807, 2.05) is 30.3 Å². The van der Waals surface area contributed by atoms with Gasteiger partial charge in [-0.1, -0.05) is 30.3 Å². The Morgan fingerprint density at radius 1 is 1.30 bits per heavy atom. The highest BCUT2D eigenvalue weighted by Crippen LogP contribution is 2.52. The average Bonchev–Trinajstić information content (AvgIpc) is 2.98. The number of benzene rings is 1. The Labute approximate surface area is 167 Å². The topological polar surface area (TPSA) is 101 Å². The first-order valence-corrected chi connectivity index (χ1v) is 11.0. The van der Waals surface area contributed by atoms with E-state index in [9.17, 15) is 18.3 Å². The highest BCUT2D eigenvalue weighted by atomic mass is 79.9. The second-order valence-corrected chi connectivity index (χ2v) is 10.1. The van der Waals surface area contributed by atoms with Crippen LogP contribution in [0.1, 0.15) is 17.9 Å². The summed E-state index contributed by atoms with van der Waals surface area (Å²) < 4.78 is 30.4. The van der Waals surface area contributed by atoms with Crippen molar-refractivity contribution in [3.63, 3.8) is 0 Å². The maximum atomic E-state index is 12.8. The minimum absolute atomic E-state index is 0.0449. The number of nitrogens with one attached hydrogen (secondary N) is 1. The summed E-state index contributed by atoms with van der Waals surface area (Å²) in [7, 11) is -3.99. The van der Waals surface area contributed by atoms with E-state index in [-0.39, 0.29) is 10.6 Å². The number of nitrogens with zero attached hydrogens (tertiary/aromatic N) is 2. The normalized spacial score (nSPS) is 21.9. The van der Waals surface area contributed by atoms with E-state index in [0.717, 1.165) is 21.4 Å². The smallest absolute Gasteiger partial charge is 0.325 e. The second-order valence-electron chi connectivity index (χ2n) is 6.25. The molecule has 27 heavy (non-hydrogen) atoms. The van der Waals surface area contributed by atoms with Crippen LogP contribution in [-0.4, -0.2) is 34.8 Å². The summed E-state index contributed by atoms with van der Waals surface area (Å²) in [5, 5.41) is 14.4. The van der Waals surface area contributed by atoms with Crippen molar-refractivity contribution in [3.05, 3.63) is 64.9 Å². The monoisotopic (exact) mass is 467 g/mol. The minimum atomic E-state index is -3.99. The van der Waals surface area contributed by atoms with E-state index >= 15 is 0 Å². The summed E-state index contributed by atoms with van der Waals surface area (Å²) >= 11 is 4.31. The second kappa shape index (κ2) is 6.55. The summed E-state index contributed by atoms with van der Waals surface area (Å²) in [4.78, 5) is 11.9. The molecule has 2 atom stereocenters. The van der Waals surface area contributed by atoms with Crippen LogP contribution in [0.4, 0.5) is 0 Å². The number of hydrogen-bond acceptors (Lipinski definition) is 5. The molecule has 3 aromatic rings. The van der Waals surface area contributed by atoms with Crippen molar-refractivity contribution in [1.29, 1.82) is 0 Å². The molecule has 0 amide bonds. The maximum absolute atomic E-state index is 12.8. The molecule has 1 aromatic carbocycles. The van der Waals surface area contributed by atoms with Crippen LogP contribution in [0.25, 0.3) is 5.00 Å². The van der Waals surface area contributed by atoms with Crippen molar-refractivity contribution in [1.82, 2.24) is 14.5 Å². The van der Waals surface area contributed by atoms with Crippen LogP contribution in [0.3, 0.4) is 0 Å². The Morgan fingerprint density at radius 3 is 2.67 bits per heavy atom. The maximum Gasteiger partial charge on any atom is 0.325 e. The van der Waals surface area contributed by atoms with Crippen LogP contribution >= 0.6 is 27.3 Å². The first-order valence-electron chi connectivity index (χ1n) is 7.94. The quantitative estimate of drug-likeness (QED) is 0.580. The molecule has 1 fully saturated rings. The lowest BCUT2D eigenvalue weighted by Gasteiger charge is -2.14. The summed E-state index contributed by atoms with van der Waals surface area (Å²) in [5.74, 6) is -1.57. The number of aliphatic carboxylic acids is 1. The molecule has 0 radical (unpaired) electrons. The molecule has 2 heterocycles. The molecule has 2 aromatic heterocycles. The summed E-state index contributed by atoms with van der Waals surface area (Å²) in [5.41, 5.74) is -0.713. The Kier molecular flexibility index (Phi) is 4.46. The van der Waals surface area contributed by atoms with Gasteiger partial charge in [0.25, 0.3) is 10.0 Å². The summed E-state index contributed by atoms with van der Waals surface area (Å²) in [6, 6.07) is 12.1. The van der Waals surface area contributed by atoms with Gasteiger partial charge in [-0.3, -0.25) is 4.79 Å². The van der Waals surface area contributed by atoms with E-state index in [1.165, 1.54) is 6.07 Å². The largest absolute Gasteiger partial charge is 0.480 e. The third-order valence-corrected chi connectivity index (χ3v) is 7.96. The first kappa shape index (κ1) is 18.4. The highest BCUT2D eigenvalue weighted by molar-refractivity contribution is 9.10. The van der Waals surface area contributed by atoms with E-state index in [2.05, 4.69) is 25.8 Å². The van der Waals surface area contributed by atoms with Gasteiger partial charge in [0.15, 0.2) is 0 Å². The van der Waals surface area contributed by atoms with Crippen LogP contribution in [0.15, 0.2) is 63.5 Å². The average molecular weight is 468 g/mol. The van der Waals surface area contributed by atoms with Crippen LogP contribution in [-0.2, 0) is 14.8 Å². The number of carboxylic acids is 1. The first-order chi connectivity index (χ1) is 12.8. The summed E-state index contributed by atoms with van der Waals surface area (Å²) in [6.45, 7) is 0. The fraction of sp³-hybridized carbons (Fsp3) is 0.176. The van der Waals surface area contributed by atoms with Gasteiger partial charge in [-0.25, -0.2) is 13.1 Å². The lowest BCUT2D eigenvalue weighted by atomic mass is 10.1. The molecule has 140 valence electrons. The van der Waals surface area contributed by atoms with Crippen molar-refractivity contribution < 1.29 is 18.3 Å². The number of hydrogen-bond donors (Lipinski definition) is 2. The zero-order chi connectivity index (χ0) is 19.2. The standard InChI is InChI=1S/C17H14BrN3O4S2/c18-12-9-19-21(10-12)14-6-7-15(26-14)27(24,25)20-17(16(22)23)8-13(17)11-4-2-1-3-5-11/h1-7,9-10,13,20H,8H2,(H,22,23)/t13-,17-/m0/s1. The lowest BCUT2D eigenvalue weighted by Crippen LogP contribution is -2.44. The zero-order valence-corrected chi connectivity index (χ0v) is 17.0. The SMILES string of the molecule is O=C(O)[C@]1(NS(=O)(=O)c2ccc(-n3cc(Br)cn3)s2)C[C@H]1c1ccccc1. The molecule has 10 heteroatoms. The zero-order valence-electron chi connectivity index (χ0n) is 13.7. The van der Waals surface area contributed by atoms with Crippen LogP contribution in [0.5, 0.6) is 0 Å². The van der Waals surface area contributed by atoms with Crippen molar-refractivity contribution >= 4 is 43.3 Å². The third kappa shape index (κ3) is 3.33. The van der Waals surface area contributed by atoms with Gasteiger partial charge in [-0.2, -0.15) is 9.82 Å². The lowest BCUT2D eigenvalue weighted by molar-refractivity contribution is -0.140. The predicted molar refractivity (Wildman–Crippen MR) is 104 cm³/mol. The van der Waals surface area contributed by atoms with Crippen LogP contribution < -0.4 is 4.72 Å². The van der Waals surface area contributed by atoms with Crippen LogP contribution in [0.2, 0.25) is 0 Å². The van der Waals surface area contributed by atoms with Crippen molar-refractivity contribution in [2.45, 2.75) is 22.1 Å². The van der Waals surface area contributed by atoms with Gasteiger partial charge in [-0.15, -0.1) is 11.3 Å². The number of thiophene rings is 1. The fourth-order valence-corrected chi connectivity index (χ4v) is 5.95. The fourth-order valence-electron chi connectivity index (χ4n) is 3.03. The molecule has 4 rings (SSSR count). The van der Waals surface area contributed by atoms with E-state index in [0.29, 0.717) is 5.00 Å². The summed E-state index contributed by atoms with van der Waals surface area (Å²) in [6.07, 6.45) is 3.52. The van der Waals surface area contributed by atoms with E-state index < -0.39 is 27.4 Å². The van der Waals surface area contributed by atoms with Crippen LogP contribution in [0, 0.1) is 0 Å². The highest BCUT2D eigenvalue weighted by Gasteiger charge is 2.63. The van der Waals surface area contributed by atoms with Gasteiger partial charge in [0, 0.05) is 12.1 Å².